The molecule has 0 radical (unpaired) electrons. The van der Waals surface area contributed by atoms with E-state index < -0.39 is 0 Å². The summed E-state index contributed by atoms with van der Waals surface area (Å²) in [6, 6.07) is 0. The van der Waals surface area contributed by atoms with E-state index in [2.05, 4.69) is 54.0 Å². The summed E-state index contributed by atoms with van der Waals surface area (Å²) in [6.45, 7) is 26.0. The van der Waals surface area contributed by atoms with Crippen LogP contribution in [0.5, 0.6) is 0 Å². The molecule has 0 saturated carbocycles. The summed E-state index contributed by atoms with van der Waals surface area (Å²) in [6.07, 6.45) is 6.00. The summed E-state index contributed by atoms with van der Waals surface area (Å²) in [7, 11) is 0. The first kappa shape index (κ1) is 29.6. The van der Waals surface area contributed by atoms with Crippen molar-refractivity contribution in [3.63, 3.8) is 0 Å². The molecular weight excluding hydrogens is 328 g/mol. The van der Waals surface area contributed by atoms with Gasteiger partial charge in [0.05, 0.1) is 0 Å². The normalized spacial score (nSPS) is 3.69. The van der Waals surface area contributed by atoms with E-state index in [4.69, 9.17) is 0 Å². The van der Waals surface area contributed by atoms with E-state index in [9.17, 15) is 0 Å². The van der Waals surface area contributed by atoms with Gasteiger partial charge in [0.15, 0.2) is 0 Å². The van der Waals surface area contributed by atoms with Gasteiger partial charge in [0.2, 0.25) is 0 Å². The van der Waals surface area contributed by atoms with E-state index >= 15 is 0 Å². The molecule has 1 heteroatoms. The van der Waals surface area contributed by atoms with E-state index in [1.165, 1.54) is 24.3 Å². The van der Waals surface area contributed by atoms with E-state index in [0.717, 1.165) is 0 Å². The van der Waals surface area contributed by atoms with Crippen molar-refractivity contribution in [1.82, 2.24) is 0 Å². The molecule has 0 heterocycles. The van der Waals surface area contributed by atoms with Crippen molar-refractivity contribution in [2.45, 2.75) is 0 Å². The molecule has 0 aromatic rings. The fourth-order valence-electron chi connectivity index (χ4n) is 0. The zero-order valence-electron chi connectivity index (χ0n) is 8.37. The summed E-state index contributed by atoms with van der Waals surface area (Å²) in [5.41, 5.74) is 0. The van der Waals surface area contributed by atoms with Crippen molar-refractivity contribution in [2.75, 3.05) is 0 Å². The zero-order chi connectivity index (χ0) is 10.8. The third-order valence-electron chi connectivity index (χ3n) is 0. The smallest absolute Gasteiger partial charge is 0 e. The molecular formula is C12H20W-4. The Morgan fingerprint density at radius 2 is 0.538 bits per heavy atom. The van der Waals surface area contributed by atoms with Crippen LogP contribution in [-0.4, -0.2) is 0 Å². The molecule has 0 spiro atoms. The van der Waals surface area contributed by atoms with Crippen molar-refractivity contribution < 1.29 is 21.1 Å². The van der Waals surface area contributed by atoms with Crippen LogP contribution < -0.4 is 0 Å². The van der Waals surface area contributed by atoms with Gasteiger partial charge in [0.1, 0.15) is 0 Å². The Kier molecular flexibility index (Phi) is 265. The summed E-state index contributed by atoms with van der Waals surface area (Å²) >= 11 is 0. The third kappa shape index (κ3) is 1220. The Hall–Kier alpha value is -0.872. The fraction of sp³-hybridized carbons (Fsp3) is 0. The maximum Gasteiger partial charge on any atom is 0 e. The van der Waals surface area contributed by atoms with Crippen LogP contribution in [-0.2, 0) is 21.1 Å². The Balaban J connectivity index is -0.0000000213. The van der Waals surface area contributed by atoms with Gasteiger partial charge in [0.25, 0.3) is 0 Å². The monoisotopic (exact) mass is 348 g/mol. The van der Waals surface area contributed by atoms with E-state index in [0.29, 0.717) is 0 Å². The molecule has 0 rings (SSSR count). The van der Waals surface area contributed by atoms with Crippen molar-refractivity contribution in [1.29, 1.82) is 0 Å². The average molecular weight is 348 g/mol. The Bertz CT molecular complexity index is 59.1. The van der Waals surface area contributed by atoms with Crippen LogP contribution in [0.25, 0.3) is 0 Å². The average Bonchev–Trinajstić information content (AvgIpc) is 1.92. The van der Waals surface area contributed by atoms with Crippen LogP contribution in [0.3, 0.4) is 0 Å². The van der Waals surface area contributed by atoms with Crippen molar-refractivity contribution >= 4 is 0 Å². The van der Waals surface area contributed by atoms with Crippen LogP contribution >= 0.6 is 0 Å². The Morgan fingerprint density at radius 3 is 0.538 bits per heavy atom. The number of allylic oxidation sites excluding steroid dienone is 4. The van der Waals surface area contributed by atoms with E-state index in [-0.39, 0.29) is 21.1 Å². The maximum absolute atomic E-state index is 3.25. The molecule has 0 bridgehead atoms. The molecule has 0 aliphatic rings. The molecule has 0 atom stereocenters. The predicted molar refractivity (Wildman–Crippen MR) is 62.2 cm³/mol. The summed E-state index contributed by atoms with van der Waals surface area (Å²) in [4.78, 5) is 0. The molecule has 0 aromatic heterocycles. The first-order chi connectivity index (χ1) is 5.66. The first-order valence-electron chi connectivity index (χ1n) is 3.27. The minimum Gasteiger partial charge on any atom is -0.245 e. The summed E-state index contributed by atoms with van der Waals surface area (Å²) in [5, 5.41) is 0. The maximum atomic E-state index is 3.25. The number of hydrogen-bond donors (Lipinski definition) is 0. The zero-order valence-corrected chi connectivity index (χ0v) is 11.3. The standard InChI is InChI=1S/4C3H5.W/c4*1-3-2;/h4*3H,1-2H2;/q4*-1;. The van der Waals surface area contributed by atoms with Crippen LogP contribution in [0.15, 0.2) is 50.6 Å². The second-order valence-electron chi connectivity index (χ2n) is 1.15. The molecule has 0 aliphatic heterocycles. The molecule has 0 amide bonds. The van der Waals surface area contributed by atoms with Crippen molar-refractivity contribution in [3.05, 3.63) is 78.3 Å². The first-order valence-corrected chi connectivity index (χ1v) is 3.27. The number of hydrogen-bond acceptors (Lipinski definition) is 0. The Labute approximate surface area is 99.4 Å². The van der Waals surface area contributed by atoms with Crippen LogP contribution in [0.1, 0.15) is 0 Å². The minimum absolute atomic E-state index is 0. The molecule has 0 aliphatic carbocycles. The van der Waals surface area contributed by atoms with Gasteiger partial charge in [-0.2, -0.15) is 0 Å². The van der Waals surface area contributed by atoms with Gasteiger partial charge in [-0.05, 0) is 0 Å². The molecule has 0 saturated heterocycles. The molecule has 0 unspecified atom stereocenters. The number of rotatable bonds is 0. The van der Waals surface area contributed by atoms with Gasteiger partial charge in [-0.25, -0.2) is 78.3 Å². The molecule has 13 heavy (non-hydrogen) atoms. The van der Waals surface area contributed by atoms with Gasteiger partial charge < -0.3 is 0 Å². The predicted octanol–water partition coefficient (Wildman–Crippen LogP) is 4.02. The van der Waals surface area contributed by atoms with Crippen molar-refractivity contribution in [2.24, 2.45) is 0 Å². The molecule has 0 aromatic carbocycles. The van der Waals surface area contributed by atoms with Gasteiger partial charge in [-0.15, -0.1) is 0 Å². The SMILES string of the molecule is C=C[CH2-].C=C[CH2-].C=C[CH2-].C=C[CH2-].[W]. The van der Waals surface area contributed by atoms with Gasteiger partial charge in [0, 0.05) is 21.1 Å². The molecule has 0 fully saturated rings. The summed E-state index contributed by atoms with van der Waals surface area (Å²) < 4.78 is 0. The van der Waals surface area contributed by atoms with Crippen LogP contribution in [0, 0.1) is 27.7 Å². The second kappa shape index (κ2) is 117. The fourth-order valence-corrected chi connectivity index (χ4v) is 0. The quantitative estimate of drug-likeness (QED) is 0.580. The molecule has 0 N–H and O–H groups in total. The third-order valence-corrected chi connectivity index (χ3v) is 0. The van der Waals surface area contributed by atoms with E-state index in [1.54, 1.807) is 0 Å². The molecule has 78 valence electrons. The van der Waals surface area contributed by atoms with Gasteiger partial charge in [-0.3, -0.25) is 0 Å². The van der Waals surface area contributed by atoms with E-state index in [1.807, 2.05) is 0 Å². The largest absolute Gasteiger partial charge is 0.245 e. The summed E-state index contributed by atoms with van der Waals surface area (Å²) in [5.74, 6) is 0. The van der Waals surface area contributed by atoms with Crippen molar-refractivity contribution in [3.8, 4) is 0 Å². The topological polar surface area (TPSA) is 0 Å². The van der Waals surface area contributed by atoms with Crippen LogP contribution in [0.4, 0.5) is 0 Å². The van der Waals surface area contributed by atoms with Gasteiger partial charge in [-0.1, -0.05) is 0 Å². The van der Waals surface area contributed by atoms with Crippen LogP contribution in [0.2, 0.25) is 0 Å². The second-order valence-corrected chi connectivity index (χ2v) is 1.15. The van der Waals surface area contributed by atoms with Gasteiger partial charge >= 0.3 is 0 Å². The molecule has 0 nitrogen and oxygen atoms in total. The minimum atomic E-state index is 0. The Morgan fingerprint density at radius 1 is 0.538 bits per heavy atom.